The van der Waals surface area contributed by atoms with Crippen LogP contribution in [0, 0.1) is 11.8 Å². The first kappa shape index (κ1) is 34.4. The minimum absolute atomic E-state index is 0.106. The van der Waals surface area contributed by atoms with Gasteiger partial charge < -0.3 is 29.3 Å². The van der Waals surface area contributed by atoms with E-state index in [0.717, 1.165) is 0 Å². The standard InChI is InChI=1S/C35H49N3O7/c1-9-11-17-26(40)36(8)23(4)29(24-15-13-12-14-16-24)44-33(43)27-25-18-19-35(45-25)28(27)31(41)38(22(3)21-39)30(35)32(42)37(20-10-2)34(5,6)7/h9-10,12-16,22-23,25,27-30,39H,1-2,11,17-21H2,3-8H3/t22-,23+,25-,27+,28+,29-,30-,35+/m1/s1. The molecule has 10 nitrogen and oxygen atoms in total. The lowest BCUT2D eigenvalue weighted by Crippen LogP contribution is -2.61. The third-order valence-electron chi connectivity index (χ3n) is 9.75. The number of fused-ring (bicyclic) bond motifs is 1. The van der Waals surface area contributed by atoms with Gasteiger partial charge >= 0.3 is 5.97 Å². The highest BCUT2D eigenvalue weighted by atomic mass is 16.6. The van der Waals surface area contributed by atoms with E-state index in [-0.39, 0.29) is 31.4 Å². The van der Waals surface area contributed by atoms with Crippen LogP contribution in [0.2, 0.25) is 0 Å². The molecule has 0 radical (unpaired) electrons. The molecule has 1 aromatic carbocycles. The number of allylic oxidation sites excluding steroid dienone is 1. The third kappa shape index (κ3) is 6.19. The van der Waals surface area contributed by atoms with Crippen LogP contribution < -0.4 is 0 Å². The predicted molar refractivity (Wildman–Crippen MR) is 170 cm³/mol. The number of benzene rings is 1. The molecule has 3 saturated heterocycles. The number of hydrogen-bond donors (Lipinski definition) is 1. The Morgan fingerprint density at radius 1 is 1.18 bits per heavy atom. The maximum atomic E-state index is 14.4. The summed E-state index contributed by atoms with van der Waals surface area (Å²) in [6.07, 6.45) is 3.64. The van der Waals surface area contributed by atoms with Crippen molar-refractivity contribution in [2.24, 2.45) is 11.8 Å². The maximum Gasteiger partial charge on any atom is 0.313 e. The molecule has 8 atom stereocenters. The number of amides is 3. The number of likely N-dealkylation sites (tertiary alicyclic amines) is 1. The zero-order valence-corrected chi connectivity index (χ0v) is 27.5. The average Bonchev–Trinajstić information content (AvgIpc) is 3.66. The molecule has 246 valence electrons. The van der Waals surface area contributed by atoms with Gasteiger partial charge in [0, 0.05) is 25.6 Å². The number of carbonyl (C=O) groups excluding carboxylic acids is 4. The Labute approximate surface area is 267 Å². The first-order valence-electron chi connectivity index (χ1n) is 15.9. The molecule has 1 spiro atoms. The van der Waals surface area contributed by atoms with Crippen molar-refractivity contribution in [2.75, 3.05) is 20.2 Å². The minimum atomic E-state index is -1.23. The van der Waals surface area contributed by atoms with Crippen molar-refractivity contribution in [1.82, 2.24) is 14.7 Å². The van der Waals surface area contributed by atoms with Gasteiger partial charge in [0.05, 0.1) is 36.6 Å². The van der Waals surface area contributed by atoms with E-state index in [0.29, 0.717) is 24.8 Å². The van der Waals surface area contributed by atoms with Crippen LogP contribution in [0.5, 0.6) is 0 Å². The van der Waals surface area contributed by atoms with Crippen LogP contribution in [0.1, 0.15) is 72.0 Å². The molecular weight excluding hydrogens is 574 g/mol. The molecule has 3 amide bonds. The van der Waals surface area contributed by atoms with Gasteiger partial charge in [-0.3, -0.25) is 19.2 Å². The minimum Gasteiger partial charge on any atom is -0.455 e. The summed E-state index contributed by atoms with van der Waals surface area (Å²) in [5.41, 5.74) is -1.10. The number of ether oxygens (including phenoxy) is 2. The van der Waals surface area contributed by atoms with Crippen LogP contribution in [-0.4, -0.2) is 99.1 Å². The van der Waals surface area contributed by atoms with Gasteiger partial charge in [-0.1, -0.05) is 42.5 Å². The number of carbonyl (C=O) groups is 4. The maximum absolute atomic E-state index is 14.4. The molecule has 3 heterocycles. The third-order valence-corrected chi connectivity index (χ3v) is 9.75. The van der Waals surface area contributed by atoms with Crippen molar-refractivity contribution >= 4 is 23.7 Å². The Balaban J connectivity index is 1.70. The predicted octanol–water partition coefficient (Wildman–Crippen LogP) is 3.65. The van der Waals surface area contributed by atoms with Crippen molar-refractivity contribution in [1.29, 1.82) is 0 Å². The fourth-order valence-corrected chi connectivity index (χ4v) is 7.30. The van der Waals surface area contributed by atoms with Crippen LogP contribution in [-0.2, 0) is 28.7 Å². The van der Waals surface area contributed by atoms with E-state index >= 15 is 0 Å². The van der Waals surface area contributed by atoms with Crippen LogP contribution in [0.3, 0.4) is 0 Å². The Hall–Kier alpha value is -3.50. The van der Waals surface area contributed by atoms with Crippen molar-refractivity contribution in [2.45, 2.75) is 102 Å². The number of esters is 1. The molecule has 0 aliphatic carbocycles. The average molecular weight is 624 g/mol. The summed E-state index contributed by atoms with van der Waals surface area (Å²) in [6, 6.07) is 7.02. The highest BCUT2D eigenvalue weighted by Gasteiger charge is 2.75. The largest absolute Gasteiger partial charge is 0.455 e. The molecule has 4 rings (SSSR count). The number of aliphatic hydroxyl groups excluding tert-OH is 1. The van der Waals surface area contributed by atoms with Gasteiger partial charge in [0.15, 0.2) is 0 Å². The first-order chi connectivity index (χ1) is 21.2. The Morgan fingerprint density at radius 3 is 2.42 bits per heavy atom. The fourth-order valence-electron chi connectivity index (χ4n) is 7.30. The normalized spacial score (nSPS) is 27.4. The van der Waals surface area contributed by atoms with E-state index in [1.54, 1.807) is 35.9 Å². The highest BCUT2D eigenvalue weighted by Crippen LogP contribution is 2.59. The molecule has 0 unspecified atom stereocenters. The van der Waals surface area contributed by atoms with Gasteiger partial charge in [-0.2, -0.15) is 0 Å². The van der Waals surface area contributed by atoms with Gasteiger partial charge in [0.2, 0.25) is 17.7 Å². The van der Waals surface area contributed by atoms with Gasteiger partial charge in [0.25, 0.3) is 0 Å². The highest BCUT2D eigenvalue weighted by molar-refractivity contribution is 5.98. The number of likely N-dealkylation sites (N-methyl/N-ethyl adjacent to an activating group) is 1. The van der Waals surface area contributed by atoms with E-state index in [2.05, 4.69) is 13.2 Å². The molecule has 3 fully saturated rings. The quantitative estimate of drug-likeness (QED) is 0.263. The Bertz CT molecular complexity index is 1290. The van der Waals surface area contributed by atoms with Crippen molar-refractivity contribution in [3.05, 3.63) is 61.2 Å². The number of rotatable bonds is 13. The topological polar surface area (TPSA) is 117 Å². The second kappa shape index (κ2) is 13.5. The summed E-state index contributed by atoms with van der Waals surface area (Å²) in [5, 5.41) is 10.2. The lowest BCUT2D eigenvalue weighted by molar-refractivity contribution is -0.165. The Morgan fingerprint density at radius 2 is 1.84 bits per heavy atom. The molecule has 3 aliphatic rings. The van der Waals surface area contributed by atoms with E-state index in [1.807, 2.05) is 58.0 Å². The summed E-state index contributed by atoms with van der Waals surface area (Å²) >= 11 is 0. The number of aliphatic hydroxyl groups is 1. The van der Waals surface area contributed by atoms with Gasteiger partial charge in [0.1, 0.15) is 17.7 Å². The van der Waals surface area contributed by atoms with Gasteiger partial charge in [-0.15, -0.1) is 13.2 Å². The Kier molecular flexibility index (Phi) is 10.3. The number of nitrogens with zero attached hydrogens (tertiary/aromatic N) is 3. The van der Waals surface area contributed by atoms with Gasteiger partial charge in [-0.05, 0) is 59.4 Å². The zero-order valence-electron chi connectivity index (χ0n) is 27.5. The molecule has 10 heteroatoms. The van der Waals surface area contributed by atoms with E-state index in [9.17, 15) is 24.3 Å². The van der Waals surface area contributed by atoms with Crippen molar-refractivity contribution in [3.63, 3.8) is 0 Å². The SMILES string of the molecule is C=CCCC(=O)N(C)[C@@H](C)[C@@H](OC(=O)[C@@H]1[C@H]2C(=O)N([C@H](C)CO)[C@H](C(=O)N(CC=C)C(C)(C)C)[C@]23CC[C@H]1O3)c1ccccc1. The molecule has 1 N–H and O–H groups in total. The molecule has 3 aliphatic heterocycles. The lowest BCUT2D eigenvalue weighted by atomic mass is 9.70. The molecular formula is C35H49N3O7. The molecule has 45 heavy (non-hydrogen) atoms. The molecule has 1 aromatic rings. The summed E-state index contributed by atoms with van der Waals surface area (Å²) in [7, 11) is 1.69. The van der Waals surface area contributed by atoms with Crippen LogP contribution in [0.15, 0.2) is 55.6 Å². The smallest absolute Gasteiger partial charge is 0.313 e. The van der Waals surface area contributed by atoms with Crippen LogP contribution in [0.4, 0.5) is 0 Å². The summed E-state index contributed by atoms with van der Waals surface area (Å²) in [4.78, 5) is 60.5. The van der Waals surface area contributed by atoms with E-state index < -0.39 is 65.2 Å². The zero-order chi connectivity index (χ0) is 33.3. The first-order valence-corrected chi connectivity index (χ1v) is 15.9. The second-order valence-corrected chi connectivity index (χ2v) is 13.6. The van der Waals surface area contributed by atoms with Crippen LogP contribution in [0.25, 0.3) is 0 Å². The van der Waals surface area contributed by atoms with Crippen molar-refractivity contribution in [3.8, 4) is 0 Å². The monoisotopic (exact) mass is 623 g/mol. The summed E-state index contributed by atoms with van der Waals surface area (Å²) < 4.78 is 12.8. The van der Waals surface area contributed by atoms with Crippen LogP contribution >= 0.6 is 0 Å². The second-order valence-electron chi connectivity index (χ2n) is 13.6. The van der Waals surface area contributed by atoms with Crippen molar-refractivity contribution < 1.29 is 33.8 Å². The summed E-state index contributed by atoms with van der Waals surface area (Å²) in [5.74, 6) is -3.30. The van der Waals surface area contributed by atoms with E-state index in [1.165, 1.54) is 4.90 Å². The summed E-state index contributed by atoms with van der Waals surface area (Å²) in [6.45, 7) is 16.7. The fraction of sp³-hybridized carbons (Fsp3) is 0.600. The molecule has 0 saturated carbocycles. The molecule has 2 bridgehead atoms. The number of hydrogen-bond acceptors (Lipinski definition) is 7. The van der Waals surface area contributed by atoms with Gasteiger partial charge in [-0.25, -0.2) is 0 Å². The lowest BCUT2D eigenvalue weighted by Gasteiger charge is -2.43. The van der Waals surface area contributed by atoms with E-state index in [4.69, 9.17) is 9.47 Å². The molecule has 0 aromatic heterocycles.